The van der Waals surface area contributed by atoms with Crippen molar-refractivity contribution in [2.24, 2.45) is 5.92 Å². The van der Waals surface area contributed by atoms with E-state index in [1.165, 1.54) is 12.1 Å². The highest BCUT2D eigenvalue weighted by molar-refractivity contribution is 5.19. The molecule has 1 N–H and O–H groups in total. The molecule has 2 atom stereocenters. The Morgan fingerprint density at radius 2 is 1.74 bits per heavy atom. The molecule has 0 spiro atoms. The normalized spacial score (nSPS) is 14.9. The van der Waals surface area contributed by atoms with Gasteiger partial charge < -0.3 is 10.2 Å². The third-order valence-electron chi connectivity index (χ3n) is 4.05. The summed E-state index contributed by atoms with van der Waals surface area (Å²) in [5.74, 6) is 0.480. The topological polar surface area (TPSA) is 15.3 Å². The molecular formula is C16H27FN2. The zero-order valence-corrected chi connectivity index (χ0v) is 12.8. The van der Waals surface area contributed by atoms with E-state index in [-0.39, 0.29) is 11.9 Å². The first-order valence-corrected chi connectivity index (χ1v) is 7.08. The molecule has 0 aromatic heterocycles. The minimum Gasteiger partial charge on any atom is -0.313 e. The van der Waals surface area contributed by atoms with Crippen LogP contribution < -0.4 is 5.32 Å². The van der Waals surface area contributed by atoms with Gasteiger partial charge in [0.15, 0.2) is 0 Å². The smallest absolute Gasteiger partial charge is 0.123 e. The van der Waals surface area contributed by atoms with Crippen LogP contribution in [0.15, 0.2) is 24.3 Å². The summed E-state index contributed by atoms with van der Waals surface area (Å²) in [6.07, 6.45) is 1.02. The highest BCUT2D eigenvalue weighted by Gasteiger charge is 2.15. The molecule has 3 heteroatoms. The van der Waals surface area contributed by atoms with Gasteiger partial charge in [-0.2, -0.15) is 0 Å². The first kappa shape index (κ1) is 16.1. The van der Waals surface area contributed by atoms with E-state index in [0.29, 0.717) is 12.0 Å². The van der Waals surface area contributed by atoms with Crippen LogP contribution in [0.2, 0.25) is 0 Å². The zero-order chi connectivity index (χ0) is 14.4. The van der Waals surface area contributed by atoms with Crippen LogP contribution in [0.4, 0.5) is 4.39 Å². The molecule has 0 heterocycles. The molecule has 0 aliphatic rings. The molecule has 1 aromatic rings. The van der Waals surface area contributed by atoms with Crippen molar-refractivity contribution < 1.29 is 4.39 Å². The van der Waals surface area contributed by atoms with Gasteiger partial charge in [-0.3, -0.25) is 0 Å². The van der Waals surface area contributed by atoms with E-state index in [9.17, 15) is 4.39 Å². The third-order valence-corrected chi connectivity index (χ3v) is 4.05. The maximum absolute atomic E-state index is 12.9. The van der Waals surface area contributed by atoms with Gasteiger partial charge in [-0.1, -0.05) is 26.0 Å². The molecule has 1 aromatic carbocycles. The minimum absolute atomic E-state index is 0.177. The molecular weight excluding hydrogens is 239 g/mol. The van der Waals surface area contributed by atoms with Crippen LogP contribution in [0, 0.1) is 11.7 Å². The molecule has 0 radical (unpaired) electrons. The summed E-state index contributed by atoms with van der Waals surface area (Å²) < 4.78 is 12.9. The Hall–Kier alpha value is -0.930. The van der Waals surface area contributed by atoms with Gasteiger partial charge >= 0.3 is 0 Å². The molecule has 0 bridgehead atoms. The van der Waals surface area contributed by atoms with Gasteiger partial charge in [0.2, 0.25) is 0 Å². The second kappa shape index (κ2) is 7.61. The first-order valence-electron chi connectivity index (χ1n) is 7.08. The number of hydrogen-bond donors (Lipinski definition) is 1. The zero-order valence-electron chi connectivity index (χ0n) is 12.8. The number of nitrogens with one attached hydrogen (secondary N) is 1. The molecule has 2 nitrogen and oxygen atoms in total. The Kier molecular flexibility index (Phi) is 6.46. The van der Waals surface area contributed by atoms with Gasteiger partial charge in [0, 0.05) is 12.1 Å². The first-order chi connectivity index (χ1) is 8.95. The van der Waals surface area contributed by atoms with E-state index in [4.69, 9.17) is 0 Å². The van der Waals surface area contributed by atoms with Crippen LogP contribution in [0.25, 0.3) is 0 Å². The summed E-state index contributed by atoms with van der Waals surface area (Å²) in [6.45, 7) is 7.78. The fourth-order valence-corrected chi connectivity index (χ4v) is 2.22. The van der Waals surface area contributed by atoms with Gasteiger partial charge in [0.25, 0.3) is 0 Å². The predicted octanol–water partition coefficient (Wildman–Crippen LogP) is 3.45. The summed E-state index contributed by atoms with van der Waals surface area (Å²) in [7, 11) is 4.13. The molecule has 0 amide bonds. The van der Waals surface area contributed by atoms with Gasteiger partial charge in [0.05, 0.1) is 0 Å². The van der Waals surface area contributed by atoms with E-state index in [1.807, 2.05) is 19.2 Å². The lowest BCUT2D eigenvalue weighted by atomic mass is 10.0. The lowest BCUT2D eigenvalue weighted by Crippen LogP contribution is -2.35. The van der Waals surface area contributed by atoms with Crippen LogP contribution in [0.1, 0.15) is 38.8 Å². The summed E-state index contributed by atoms with van der Waals surface area (Å²) in [4.78, 5) is 2.39. The molecule has 0 saturated heterocycles. The summed E-state index contributed by atoms with van der Waals surface area (Å²) in [5, 5.41) is 3.31. The average molecular weight is 266 g/mol. The maximum Gasteiger partial charge on any atom is 0.123 e. The lowest BCUT2D eigenvalue weighted by Gasteiger charge is -2.29. The molecule has 0 fully saturated rings. The van der Waals surface area contributed by atoms with E-state index in [1.54, 1.807) is 0 Å². The fraction of sp³-hybridized carbons (Fsp3) is 0.625. The fourth-order valence-electron chi connectivity index (χ4n) is 2.22. The highest BCUT2D eigenvalue weighted by atomic mass is 19.1. The van der Waals surface area contributed by atoms with Crippen LogP contribution in [0.3, 0.4) is 0 Å². The molecule has 108 valence electrons. The second-order valence-electron chi connectivity index (χ2n) is 5.65. The Morgan fingerprint density at radius 3 is 2.21 bits per heavy atom. The van der Waals surface area contributed by atoms with Crippen molar-refractivity contribution in [1.29, 1.82) is 0 Å². The highest BCUT2D eigenvalue weighted by Crippen LogP contribution is 2.18. The minimum atomic E-state index is -0.177. The van der Waals surface area contributed by atoms with E-state index in [0.717, 1.165) is 18.5 Å². The quantitative estimate of drug-likeness (QED) is 0.813. The van der Waals surface area contributed by atoms with Crippen LogP contribution in [0.5, 0.6) is 0 Å². The van der Waals surface area contributed by atoms with Crippen molar-refractivity contribution in [1.82, 2.24) is 10.2 Å². The van der Waals surface area contributed by atoms with Crippen molar-refractivity contribution in [2.75, 3.05) is 20.6 Å². The molecule has 0 saturated carbocycles. The van der Waals surface area contributed by atoms with Gasteiger partial charge in [-0.05, 0) is 57.6 Å². The molecule has 0 aliphatic heterocycles. The second-order valence-corrected chi connectivity index (χ2v) is 5.65. The average Bonchev–Trinajstić information content (AvgIpc) is 2.40. The predicted molar refractivity (Wildman–Crippen MR) is 79.7 cm³/mol. The summed E-state index contributed by atoms with van der Waals surface area (Å²) >= 11 is 0. The van der Waals surface area contributed by atoms with E-state index < -0.39 is 0 Å². The Bertz CT molecular complexity index is 362. The van der Waals surface area contributed by atoms with Crippen LogP contribution in [-0.2, 0) is 0 Å². The Balaban J connectivity index is 2.56. The summed E-state index contributed by atoms with van der Waals surface area (Å²) in [6, 6.07) is 7.64. The third kappa shape index (κ3) is 4.92. The Labute approximate surface area is 117 Å². The van der Waals surface area contributed by atoms with Crippen LogP contribution >= 0.6 is 0 Å². The largest absolute Gasteiger partial charge is 0.313 e. The number of halogens is 1. The van der Waals surface area contributed by atoms with Gasteiger partial charge in [0.1, 0.15) is 5.82 Å². The summed E-state index contributed by atoms with van der Waals surface area (Å²) in [5.41, 5.74) is 1.15. The maximum atomic E-state index is 12.9. The van der Waals surface area contributed by atoms with Crippen molar-refractivity contribution in [3.8, 4) is 0 Å². The molecule has 0 aliphatic carbocycles. The standard InChI is InChI=1S/C16H27FN2/c1-12(2)13(3)19(5)11-10-16(18-4)14-6-8-15(17)9-7-14/h6-9,12-13,16,18H,10-11H2,1-5H3. The SMILES string of the molecule is CNC(CCN(C)C(C)C(C)C)c1ccc(F)cc1. The van der Waals surface area contributed by atoms with Crippen molar-refractivity contribution in [2.45, 2.75) is 39.3 Å². The number of nitrogens with zero attached hydrogens (tertiary/aromatic N) is 1. The van der Waals surface area contributed by atoms with Crippen LogP contribution in [-0.4, -0.2) is 31.6 Å². The van der Waals surface area contributed by atoms with Crippen molar-refractivity contribution >= 4 is 0 Å². The monoisotopic (exact) mass is 266 g/mol. The van der Waals surface area contributed by atoms with Crippen molar-refractivity contribution in [3.63, 3.8) is 0 Å². The molecule has 19 heavy (non-hydrogen) atoms. The number of hydrogen-bond acceptors (Lipinski definition) is 2. The lowest BCUT2D eigenvalue weighted by molar-refractivity contribution is 0.199. The number of rotatable bonds is 7. The molecule has 2 unspecified atom stereocenters. The number of benzene rings is 1. The van der Waals surface area contributed by atoms with Gasteiger partial charge in [-0.15, -0.1) is 0 Å². The van der Waals surface area contributed by atoms with E-state index >= 15 is 0 Å². The van der Waals surface area contributed by atoms with Crippen molar-refractivity contribution in [3.05, 3.63) is 35.6 Å². The molecule has 1 rings (SSSR count). The Morgan fingerprint density at radius 1 is 1.16 bits per heavy atom. The van der Waals surface area contributed by atoms with Gasteiger partial charge in [-0.25, -0.2) is 4.39 Å². The van der Waals surface area contributed by atoms with E-state index in [2.05, 4.69) is 38.0 Å².